The van der Waals surface area contributed by atoms with Crippen LogP contribution < -0.4 is 11.5 Å². The highest BCUT2D eigenvalue weighted by Gasteiger charge is 2.17. The molecule has 1 saturated carbocycles. The van der Waals surface area contributed by atoms with Crippen molar-refractivity contribution >= 4 is 5.91 Å². The van der Waals surface area contributed by atoms with Crippen molar-refractivity contribution in [2.24, 2.45) is 17.4 Å². The summed E-state index contributed by atoms with van der Waals surface area (Å²) < 4.78 is 0. The van der Waals surface area contributed by atoms with E-state index in [1.165, 1.54) is 26.3 Å². The zero-order valence-electron chi connectivity index (χ0n) is 7.18. The molecule has 0 saturated heterocycles. The second-order valence-electron chi connectivity index (χ2n) is 2.74. The van der Waals surface area contributed by atoms with Crippen LogP contribution >= 0.6 is 0 Å². The Morgan fingerprint density at radius 2 is 1.64 bits per heavy atom. The SMILES string of the molecule is CN.NC(=O)C1CCCCC1. The minimum absolute atomic E-state index is 0.102. The van der Waals surface area contributed by atoms with Gasteiger partial charge in [-0.15, -0.1) is 0 Å². The first-order valence-corrected chi connectivity index (χ1v) is 4.18. The van der Waals surface area contributed by atoms with Crippen LogP contribution in [0.15, 0.2) is 0 Å². The molecule has 0 heterocycles. The van der Waals surface area contributed by atoms with Gasteiger partial charge in [0.25, 0.3) is 0 Å². The second-order valence-corrected chi connectivity index (χ2v) is 2.74. The van der Waals surface area contributed by atoms with Crippen molar-refractivity contribution in [1.82, 2.24) is 0 Å². The molecule has 0 aliphatic heterocycles. The first-order chi connectivity index (χ1) is 5.30. The summed E-state index contributed by atoms with van der Waals surface area (Å²) in [6, 6.07) is 0. The summed E-state index contributed by atoms with van der Waals surface area (Å²) >= 11 is 0. The van der Waals surface area contributed by atoms with Crippen molar-refractivity contribution in [3.8, 4) is 0 Å². The molecule has 1 aliphatic carbocycles. The number of carbonyl (C=O) groups is 1. The number of rotatable bonds is 1. The highest BCUT2D eigenvalue weighted by Crippen LogP contribution is 2.22. The Morgan fingerprint density at radius 1 is 1.18 bits per heavy atom. The molecule has 0 aromatic heterocycles. The minimum atomic E-state index is -0.102. The van der Waals surface area contributed by atoms with Crippen LogP contribution in [0.3, 0.4) is 0 Å². The minimum Gasteiger partial charge on any atom is -0.369 e. The molecule has 0 bridgehead atoms. The van der Waals surface area contributed by atoms with Crippen molar-refractivity contribution < 1.29 is 4.79 Å². The van der Waals surface area contributed by atoms with Gasteiger partial charge in [-0.05, 0) is 19.9 Å². The van der Waals surface area contributed by atoms with E-state index in [1.54, 1.807) is 0 Å². The van der Waals surface area contributed by atoms with Crippen LogP contribution in [0.2, 0.25) is 0 Å². The zero-order valence-corrected chi connectivity index (χ0v) is 7.18. The van der Waals surface area contributed by atoms with E-state index in [0.29, 0.717) is 0 Å². The average molecular weight is 158 g/mol. The summed E-state index contributed by atoms with van der Waals surface area (Å²) in [5, 5.41) is 0. The molecule has 0 radical (unpaired) electrons. The van der Waals surface area contributed by atoms with Crippen LogP contribution in [0.1, 0.15) is 32.1 Å². The van der Waals surface area contributed by atoms with Crippen molar-refractivity contribution in [2.75, 3.05) is 7.05 Å². The lowest BCUT2D eigenvalue weighted by Gasteiger charge is -2.17. The average Bonchev–Trinajstić information content (AvgIpc) is 2.10. The molecule has 66 valence electrons. The number of hydrogen-bond donors (Lipinski definition) is 2. The van der Waals surface area contributed by atoms with E-state index >= 15 is 0 Å². The predicted octanol–water partition coefficient (Wildman–Crippen LogP) is 0.627. The van der Waals surface area contributed by atoms with Gasteiger partial charge in [0.15, 0.2) is 0 Å². The van der Waals surface area contributed by atoms with Crippen LogP contribution in [0.25, 0.3) is 0 Å². The molecule has 1 amide bonds. The number of nitrogens with two attached hydrogens (primary N) is 2. The largest absolute Gasteiger partial charge is 0.369 e. The number of carbonyl (C=O) groups excluding carboxylic acids is 1. The topological polar surface area (TPSA) is 69.1 Å². The Balaban J connectivity index is 0.000000461. The van der Waals surface area contributed by atoms with Crippen LogP contribution in [0, 0.1) is 5.92 Å². The van der Waals surface area contributed by atoms with E-state index in [0.717, 1.165) is 12.8 Å². The third-order valence-electron chi connectivity index (χ3n) is 2.01. The fraction of sp³-hybridized carbons (Fsp3) is 0.875. The van der Waals surface area contributed by atoms with Gasteiger partial charge in [0, 0.05) is 5.92 Å². The maximum atomic E-state index is 10.6. The maximum absolute atomic E-state index is 10.6. The van der Waals surface area contributed by atoms with Crippen molar-refractivity contribution in [3.05, 3.63) is 0 Å². The Bertz CT molecular complexity index is 109. The molecule has 0 aromatic carbocycles. The summed E-state index contributed by atoms with van der Waals surface area (Å²) in [6.45, 7) is 0. The summed E-state index contributed by atoms with van der Waals surface area (Å²) in [6.07, 6.45) is 5.70. The number of hydrogen-bond acceptors (Lipinski definition) is 2. The maximum Gasteiger partial charge on any atom is 0.220 e. The molecule has 0 aromatic rings. The Labute approximate surface area is 68.1 Å². The van der Waals surface area contributed by atoms with Gasteiger partial charge < -0.3 is 11.5 Å². The molecule has 3 nitrogen and oxygen atoms in total. The van der Waals surface area contributed by atoms with Crippen LogP contribution in [0.5, 0.6) is 0 Å². The molecule has 1 fully saturated rings. The molecular weight excluding hydrogens is 140 g/mol. The third-order valence-corrected chi connectivity index (χ3v) is 2.01. The summed E-state index contributed by atoms with van der Waals surface area (Å²) in [7, 11) is 1.50. The highest BCUT2D eigenvalue weighted by molar-refractivity contribution is 5.76. The Morgan fingerprint density at radius 3 is 1.91 bits per heavy atom. The van der Waals surface area contributed by atoms with Gasteiger partial charge in [-0.3, -0.25) is 4.79 Å². The van der Waals surface area contributed by atoms with Gasteiger partial charge in [-0.25, -0.2) is 0 Å². The lowest BCUT2D eigenvalue weighted by molar-refractivity contribution is -0.122. The summed E-state index contributed by atoms with van der Waals surface area (Å²) in [5.41, 5.74) is 9.63. The quantitative estimate of drug-likeness (QED) is 0.587. The number of amides is 1. The molecule has 0 unspecified atom stereocenters. The van der Waals surface area contributed by atoms with Crippen molar-refractivity contribution in [1.29, 1.82) is 0 Å². The van der Waals surface area contributed by atoms with Gasteiger partial charge in [0.05, 0.1) is 0 Å². The van der Waals surface area contributed by atoms with E-state index in [1.807, 2.05) is 0 Å². The molecular formula is C8H18N2O. The normalized spacial score (nSPS) is 18.4. The van der Waals surface area contributed by atoms with Crippen LogP contribution in [0.4, 0.5) is 0 Å². The van der Waals surface area contributed by atoms with Crippen molar-refractivity contribution in [3.63, 3.8) is 0 Å². The Kier molecular flexibility index (Phi) is 5.84. The summed E-state index contributed by atoms with van der Waals surface area (Å²) in [5.74, 6) is 0.0912. The van der Waals surface area contributed by atoms with Gasteiger partial charge in [0.2, 0.25) is 5.91 Å². The van der Waals surface area contributed by atoms with Gasteiger partial charge in [-0.1, -0.05) is 19.3 Å². The summed E-state index contributed by atoms with van der Waals surface area (Å²) in [4.78, 5) is 10.6. The Hall–Kier alpha value is -0.570. The standard InChI is InChI=1S/C7H13NO.CH5N/c8-7(9)6-4-2-1-3-5-6;1-2/h6H,1-5H2,(H2,8,9);2H2,1H3. The fourth-order valence-corrected chi connectivity index (χ4v) is 1.39. The zero-order chi connectivity index (χ0) is 8.69. The fourth-order valence-electron chi connectivity index (χ4n) is 1.39. The molecule has 4 N–H and O–H groups in total. The van der Waals surface area contributed by atoms with E-state index in [9.17, 15) is 4.79 Å². The van der Waals surface area contributed by atoms with Crippen LogP contribution in [-0.2, 0) is 4.79 Å². The first kappa shape index (κ1) is 10.4. The van der Waals surface area contributed by atoms with Gasteiger partial charge in [0.1, 0.15) is 0 Å². The smallest absolute Gasteiger partial charge is 0.220 e. The van der Waals surface area contributed by atoms with Crippen LogP contribution in [-0.4, -0.2) is 13.0 Å². The van der Waals surface area contributed by atoms with Gasteiger partial charge >= 0.3 is 0 Å². The molecule has 0 spiro atoms. The molecule has 1 aliphatic rings. The van der Waals surface area contributed by atoms with E-state index in [-0.39, 0.29) is 11.8 Å². The monoisotopic (exact) mass is 158 g/mol. The molecule has 0 atom stereocenters. The first-order valence-electron chi connectivity index (χ1n) is 4.18. The lowest BCUT2D eigenvalue weighted by Crippen LogP contribution is -2.24. The highest BCUT2D eigenvalue weighted by atomic mass is 16.1. The molecule has 11 heavy (non-hydrogen) atoms. The van der Waals surface area contributed by atoms with E-state index in [4.69, 9.17) is 5.73 Å². The van der Waals surface area contributed by atoms with Crippen molar-refractivity contribution in [2.45, 2.75) is 32.1 Å². The third kappa shape index (κ3) is 3.98. The second kappa shape index (κ2) is 6.16. The van der Waals surface area contributed by atoms with E-state index in [2.05, 4.69) is 5.73 Å². The number of primary amides is 1. The van der Waals surface area contributed by atoms with E-state index < -0.39 is 0 Å². The molecule has 1 rings (SSSR count). The molecule has 3 heteroatoms. The lowest BCUT2D eigenvalue weighted by atomic mass is 9.89. The predicted molar refractivity (Wildman–Crippen MR) is 45.9 cm³/mol. The van der Waals surface area contributed by atoms with Gasteiger partial charge in [-0.2, -0.15) is 0 Å².